The van der Waals surface area contributed by atoms with E-state index in [4.69, 9.17) is 18.4 Å². The van der Waals surface area contributed by atoms with Crippen LogP contribution in [-0.2, 0) is 11.1 Å². The highest BCUT2D eigenvalue weighted by Gasteiger charge is 2.05. The molecular weight excluding hydrogens is 242 g/mol. The molecule has 1 aromatic carbocycles. The van der Waals surface area contributed by atoms with E-state index in [1.807, 2.05) is 0 Å². The van der Waals surface area contributed by atoms with Crippen LogP contribution in [0.15, 0.2) is 24.3 Å². The van der Waals surface area contributed by atoms with Crippen LogP contribution in [0.25, 0.3) is 0 Å². The SMILES string of the molecule is [2H]C([2H])([2H])OC([2H])([2H])C([2H])([2H])c1ccc(OC([2H])([2H])C([2H])(O)CNC(C)C)cc1. The van der Waals surface area contributed by atoms with E-state index in [1.165, 1.54) is 0 Å². The fourth-order valence-corrected chi connectivity index (χ4v) is 1.15. The molecule has 0 saturated heterocycles. The third-order valence-electron chi connectivity index (χ3n) is 2.07. The van der Waals surface area contributed by atoms with Crippen LogP contribution in [0.3, 0.4) is 0 Å². The fourth-order valence-electron chi connectivity index (χ4n) is 1.15. The van der Waals surface area contributed by atoms with Gasteiger partial charge < -0.3 is 19.9 Å². The zero-order valence-electron chi connectivity index (χ0n) is 20.9. The summed E-state index contributed by atoms with van der Waals surface area (Å²) < 4.78 is 84.8. The number of methoxy groups -OCH3 is 1. The van der Waals surface area contributed by atoms with Crippen molar-refractivity contribution >= 4 is 0 Å². The van der Waals surface area contributed by atoms with Crippen molar-refractivity contribution in [1.29, 1.82) is 0 Å². The summed E-state index contributed by atoms with van der Waals surface area (Å²) >= 11 is 0. The lowest BCUT2D eigenvalue weighted by atomic mass is 10.1. The van der Waals surface area contributed by atoms with Crippen LogP contribution in [0.2, 0.25) is 0 Å². The maximum atomic E-state index is 10.1. The van der Waals surface area contributed by atoms with Gasteiger partial charge in [-0.05, 0) is 24.1 Å². The number of hydrogen-bond donors (Lipinski definition) is 2. The van der Waals surface area contributed by atoms with Crippen molar-refractivity contribution in [2.75, 3.05) is 26.7 Å². The number of ether oxygens (including phenoxy) is 2. The first-order chi connectivity index (χ1) is 12.8. The lowest BCUT2D eigenvalue weighted by molar-refractivity contribution is 0.104. The van der Waals surface area contributed by atoms with Gasteiger partial charge in [0.15, 0.2) is 0 Å². The Morgan fingerprint density at radius 2 is 2.16 bits per heavy atom. The molecule has 0 saturated carbocycles. The Kier molecular flexibility index (Phi) is 3.08. The number of benzene rings is 1. The van der Waals surface area contributed by atoms with Gasteiger partial charge in [-0.25, -0.2) is 0 Å². The van der Waals surface area contributed by atoms with E-state index in [9.17, 15) is 5.11 Å². The minimum Gasteiger partial charge on any atom is -0.491 e. The highest BCUT2D eigenvalue weighted by atomic mass is 16.5. The number of nitrogens with one attached hydrogen (secondary N) is 1. The Hall–Kier alpha value is -1.10. The summed E-state index contributed by atoms with van der Waals surface area (Å²) in [6.45, 7) is -2.90. The van der Waals surface area contributed by atoms with Crippen LogP contribution in [0.4, 0.5) is 0 Å². The number of rotatable bonds is 9. The van der Waals surface area contributed by atoms with E-state index in [0.717, 1.165) is 24.3 Å². The monoisotopic (exact) mass is 277 g/mol. The second-order valence-corrected chi connectivity index (χ2v) is 4.04. The molecule has 19 heavy (non-hydrogen) atoms. The molecule has 0 amide bonds. The smallest absolute Gasteiger partial charge is 0.119 e. The van der Waals surface area contributed by atoms with Gasteiger partial charge in [-0.1, -0.05) is 26.0 Å². The molecule has 0 fully saturated rings. The average molecular weight is 277 g/mol. The number of aryl methyl sites for hydroxylation is 1. The standard InChI is InChI=1S/C15H25NO3/c1-12(2)16-10-14(17)11-19-15-6-4-13(5-7-15)8-9-18-3/h4-7,12,14,16-17H,8-11H2,1-3H3/i3D3,8D2,9D2,11D2,14D. The molecule has 1 aromatic rings. The van der Waals surface area contributed by atoms with Crippen molar-refractivity contribution in [2.45, 2.75) is 32.3 Å². The molecule has 108 valence electrons. The van der Waals surface area contributed by atoms with E-state index in [0.29, 0.717) is 0 Å². The molecule has 0 spiro atoms. The van der Waals surface area contributed by atoms with Crippen molar-refractivity contribution in [3.8, 4) is 5.75 Å². The van der Waals surface area contributed by atoms with Gasteiger partial charge in [-0.15, -0.1) is 0 Å². The van der Waals surface area contributed by atoms with Crippen LogP contribution in [0.5, 0.6) is 5.75 Å². The molecule has 4 heteroatoms. The van der Waals surface area contributed by atoms with Crippen molar-refractivity contribution in [3.05, 3.63) is 29.8 Å². The molecular formula is C15H25NO3. The molecule has 0 heterocycles. The second kappa shape index (κ2) is 8.91. The molecule has 2 N–H and O–H groups in total. The van der Waals surface area contributed by atoms with Gasteiger partial charge in [-0.2, -0.15) is 0 Å². The molecule has 1 unspecified atom stereocenters. The second-order valence-electron chi connectivity index (χ2n) is 4.04. The summed E-state index contributed by atoms with van der Waals surface area (Å²) in [6, 6.07) is 4.27. The minimum absolute atomic E-state index is 0.101. The molecule has 0 bridgehead atoms. The van der Waals surface area contributed by atoms with Crippen molar-refractivity contribution in [3.63, 3.8) is 0 Å². The topological polar surface area (TPSA) is 50.7 Å². The highest BCUT2D eigenvalue weighted by molar-refractivity contribution is 5.27. The Labute approximate surface area is 129 Å². The highest BCUT2D eigenvalue weighted by Crippen LogP contribution is 2.12. The maximum absolute atomic E-state index is 10.1. The Morgan fingerprint density at radius 1 is 1.42 bits per heavy atom. The first-order valence-corrected chi connectivity index (χ1v) is 5.76. The van der Waals surface area contributed by atoms with E-state index >= 15 is 0 Å². The lowest BCUT2D eigenvalue weighted by Gasteiger charge is -2.15. The number of hydrogen-bond acceptors (Lipinski definition) is 4. The van der Waals surface area contributed by atoms with Gasteiger partial charge in [-0.3, -0.25) is 0 Å². The zero-order chi connectivity index (χ0) is 22.9. The predicted octanol–water partition coefficient (Wildman–Crippen LogP) is 1.61. The minimum atomic E-state index is -3.18. The largest absolute Gasteiger partial charge is 0.491 e. The zero-order valence-corrected chi connectivity index (χ0v) is 10.9. The first kappa shape index (κ1) is 6.57. The van der Waals surface area contributed by atoms with E-state index in [-0.39, 0.29) is 17.4 Å². The molecule has 0 aromatic heterocycles. The molecule has 0 aliphatic heterocycles. The van der Waals surface area contributed by atoms with Crippen molar-refractivity contribution < 1.29 is 28.3 Å². The van der Waals surface area contributed by atoms with Gasteiger partial charge >= 0.3 is 0 Å². The van der Waals surface area contributed by atoms with Crippen LogP contribution in [0, 0.1) is 0 Å². The van der Waals surface area contributed by atoms with Crippen molar-refractivity contribution in [2.24, 2.45) is 0 Å². The van der Waals surface area contributed by atoms with Crippen LogP contribution in [-0.4, -0.2) is 43.9 Å². The van der Waals surface area contributed by atoms with Gasteiger partial charge in [0.2, 0.25) is 0 Å². The molecule has 1 rings (SSSR count). The third kappa shape index (κ3) is 7.15. The third-order valence-corrected chi connectivity index (χ3v) is 2.07. The predicted molar refractivity (Wildman–Crippen MR) is 76.7 cm³/mol. The molecule has 0 aliphatic carbocycles. The Morgan fingerprint density at radius 3 is 2.79 bits per heavy atom. The quantitative estimate of drug-likeness (QED) is 0.720. The molecule has 1 atom stereocenters. The maximum Gasteiger partial charge on any atom is 0.119 e. The van der Waals surface area contributed by atoms with Crippen LogP contribution in [0.1, 0.15) is 33.1 Å². The molecule has 0 aliphatic rings. The molecule has 0 radical (unpaired) electrons. The first-order valence-electron chi connectivity index (χ1n) is 10.8. The van der Waals surface area contributed by atoms with Crippen molar-refractivity contribution in [1.82, 2.24) is 5.32 Å². The van der Waals surface area contributed by atoms with Gasteiger partial charge in [0, 0.05) is 22.4 Å². The van der Waals surface area contributed by atoms with Gasteiger partial charge in [0.1, 0.15) is 18.4 Å². The Balaban J connectivity index is 3.01. The van der Waals surface area contributed by atoms with Gasteiger partial charge in [0.05, 0.1) is 17.5 Å². The fraction of sp³-hybridized carbons (Fsp3) is 0.600. The summed E-state index contributed by atoms with van der Waals surface area (Å²) in [4.78, 5) is 0. The van der Waals surface area contributed by atoms with E-state index in [2.05, 4.69) is 10.1 Å². The summed E-state index contributed by atoms with van der Waals surface area (Å²) in [5.74, 6) is -0.151. The Bertz CT molecular complexity index is 674. The van der Waals surface area contributed by atoms with Gasteiger partial charge in [0.25, 0.3) is 0 Å². The normalized spacial score (nSPS) is 25.1. The average Bonchev–Trinajstić information content (AvgIpc) is 2.50. The van der Waals surface area contributed by atoms with E-state index < -0.39 is 39.2 Å². The molecule has 4 nitrogen and oxygen atoms in total. The summed E-state index contributed by atoms with van der Waals surface area (Å²) in [7, 11) is -3.15. The lowest BCUT2D eigenvalue weighted by Crippen LogP contribution is -2.35. The number of aliphatic hydroxyl groups is 1. The summed E-state index contributed by atoms with van der Waals surface area (Å²) in [5, 5.41) is 12.8. The summed E-state index contributed by atoms with van der Waals surface area (Å²) in [5.41, 5.74) is -0.276. The summed E-state index contributed by atoms with van der Waals surface area (Å²) in [6.07, 6.45) is -5.48. The van der Waals surface area contributed by atoms with Crippen LogP contribution < -0.4 is 10.1 Å². The van der Waals surface area contributed by atoms with Crippen LogP contribution >= 0.6 is 0 Å². The van der Waals surface area contributed by atoms with E-state index in [1.54, 1.807) is 13.8 Å².